The maximum atomic E-state index is 12.5. The fraction of sp³-hybridized carbons (Fsp3) is 0.300. The Balaban J connectivity index is 2.81. The average molecular weight is 214 g/mol. The van der Waals surface area contributed by atoms with E-state index in [2.05, 4.69) is 4.98 Å². The van der Waals surface area contributed by atoms with Crippen molar-refractivity contribution < 1.29 is 13.2 Å². The molecule has 0 N–H and O–H groups in total. The summed E-state index contributed by atoms with van der Waals surface area (Å²) in [6.07, 6.45) is -4.40. The summed E-state index contributed by atoms with van der Waals surface area (Å²) in [5.74, 6) is -0.855. The van der Waals surface area contributed by atoms with Crippen molar-refractivity contribution in [3.8, 4) is 0 Å². The third kappa shape index (κ3) is 1.48. The number of alkyl halides is 3. The van der Waals surface area contributed by atoms with Gasteiger partial charge in [0.05, 0.1) is 11.0 Å². The van der Waals surface area contributed by atoms with Gasteiger partial charge in [0.25, 0.3) is 0 Å². The van der Waals surface area contributed by atoms with Crippen LogP contribution in [0.15, 0.2) is 18.2 Å². The third-order valence-electron chi connectivity index (χ3n) is 2.37. The molecule has 2 rings (SSSR count). The van der Waals surface area contributed by atoms with Crippen LogP contribution in [0.4, 0.5) is 13.2 Å². The predicted molar refractivity (Wildman–Crippen MR) is 50.5 cm³/mol. The van der Waals surface area contributed by atoms with Gasteiger partial charge >= 0.3 is 6.18 Å². The summed E-state index contributed by atoms with van der Waals surface area (Å²) in [4.78, 5) is 3.62. The van der Waals surface area contributed by atoms with Gasteiger partial charge in [0.1, 0.15) is 0 Å². The Kier molecular flexibility index (Phi) is 1.99. The molecule has 0 atom stereocenters. The van der Waals surface area contributed by atoms with Crippen LogP contribution in [0.5, 0.6) is 0 Å². The van der Waals surface area contributed by atoms with E-state index in [0.717, 1.165) is 10.1 Å². The van der Waals surface area contributed by atoms with Crippen LogP contribution in [-0.4, -0.2) is 9.55 Å². The second kappa shape index (κ2) is 2.98. The zero-order valence-corrected chi connectivity index (χ0v) is 8.26. The van der Waals surface area contributed by atoms with E-state index in [9.17, 15) is 13.2 Å². The molecule has 80 valence electrons. The van der Waals surface area contributed by atoms with Gasteiger partial charge in [-0.1, -0.05) is 12.1 Å². The highest BCUT2D eigenvalue weighted by Crippen LogP contribution is 2.31. The van der Waals surface area contributed by atoms with Gasteiger partial charge in [0, 0.05) is 7.05 Å². The molecular formula is C10H9F3N2. The van der Waals surface area contributed by atoms with Crippen molar-refractivity contribution in [3.63, 3.8) is 0 Å². The highest BCUT2D eigenvalue weighted by Gasteiger charge is 2.36. The Morgan fingerprint density at radius 1 is 1.27 bits per heavy atom. The van der Waals surface area contributed by atoms with Crippen molar-refractivity contribution in [2.75, 3.05) is 0 Å². The van der Waals surface area contributed by atoms with Crippen LogP contribution in [0.1, 0.15) is 11.4 Å². The molecule has 0 spiro atoms. The number of hydrogen-bond donors (Lipinski definition) is 0. The van der Waals surface area contributed by atoms with Gasteiger partial charge in [-0.05, 0) is 18.6 Å². The van der Waals surface area contributed by atoms with Crippen molar-refractivity contribution in [2.45, 2.75) is 13.1 Å². The molecule has 0 aliphatic carbocycles. The van der Waals surface area contributed by atoms with Gasteiger partial charge in [0.2, 0.25) is 5.82 Å². The number of hydrogen-bond acceptors (Lipinski definition) is 1. The van der Waals surface area contributed by atoms with E-state index in [1.807, 2.05) is 0 Å². The second-order valence-electron chi connectivity index (χ2n) is 3.43. The number of rotatable bonds is 0. The minimum absolute atomic E-state index is 0.410. The van der Waals surface area contributed by atoms with Gasteiger partial charge in [-0.3, -0.25) is 0 Å². The number of nitrogens with zero attached hydrogens (tertiary/aromatic N) is 2. The lowest BCUT2D eigenvalue weighted by Gasteiger charge is -2.05. The standard InChI is InChI=1S/C10H9F3N2/c1-6-4-3-5-7-8(6)14-9(15(7)2)10(11,12)13/h3-5H,1-2H3. The van der Waals surface area contributed by atoms with Gasteiger partial charge in [-0.2, -0.15) is 13.2 Å². The third-order valence-corrected chi connectivity index (χ3v) is 2.37. The van der Waals surface area contributed by atoms with E-state index in [0.29, 0.717) is 11.0 Å². The molecule has 0 amide bonds. The average Bonchev–Trinajstić information content (AvgIpc) is 2.45. The van der Waals surface area contributed by atoms with Gasteiger partial charge in [0.15, 0.2) is 0 Å². The summed E-state index contributed by atoms with van der Waals surface area (Å²) in [5.41, 5.74) is 1.66. The van der Waals surface area contributed by atoms with Crippen LogP contribution in [0.3, 0.4) is 0 Å². The van der Waals surface area contributed by atoms with Crippen molar-refractivity contribution >= 4 is 11.0 Å². The molecule has 0 fully saturated rings. The number of benzene rings is 1. The van der Waals surface area contributed by atoms with E-state index in [4.69, 9.17) is 0 Å². The fourth-order valence-corrected chi connectivity index (χ4v) is 1.61. The van der Waals surface area contributed by atoms with Crippen LogP contribution in [0.25, 0.3) is 11.0 Å². The molecule has 0 aliphatic heterocycles. The minimum Gasteiger partial charge on any atom is -0.323 e. The molecule has 1 aromatic heterocycles. The minimum atomic E-state index is -4.40. The number of para-hydroxylation sites is 1. The molecule has 0 radical (unpaired) electrons. The smallest absolute Gasteiger partial charge is 0.323 e. The molecule has 15 heavy (non-hydrogen) atoms. The number of fused-ring (bicyclic) bond motifs is 1. The quantitative estimate of drug-likeness (QED) is 0.659. The lowest BCUT2D eigenvalue weighted by Crippen LogP contribution is -2.12. The second-order valence-corrected chi connectivity index (χ2v) is 3.43. The summed E-state index contributed by atoms with van der Waals surface area (Å²) >= 11 is 0. The van der Waals surface area contributed by atoms with E-state index in [-0.39, 0.29) is 0 Å². The fourth-order valence-electron chi connectivity index (χ4n) is 1.61. The van der Waals surface area contributed by atoms with Crippen LogP contribution < -0.4 is 0 Å². The lowest BCUT2D eigenvalue weighted by atomic mass is 10.2. The first-order valence-corrected chi connectivity index (χ1v) is 4.40. The highest BCUT2D eigenvalue weighted by molar-refractivity contribution is 5.79. The van der Waals surface area contributed by atoms with Crippen molar-refractivity contribution in [1.82, 2.24) is 9.55 Å². The van der Waals surface area contributed by atoms with E-state index < -0.39 is 12.0 Å². The molecule has 0 unspecified atom stereocenters. The number of imidazole rings is 1. The molecule has 0 bridgehead atoms. The van der Waals surface area contributed by atoms with E-state index in [1.165, 1.54) is 7.05 Å². The van der Waals surface area contributed by atoms with Crippen molar-refractivity contribution in [1.29, 1.82) is 0 Å². The Bertz CT molecular complexity index is 511. The molecule has 1 heterocycles. The lowest BCUT2D eigenvalue weighted by molar-refractivity contribution is -0.146. The number of aromatic nitrogens is 2. The summed E-state index contributed by atoms with van der Waals surface area (Å²) in [5, 5.41) is 0. The van der Waals surface area contributed by atoms with Gasteiger partial charge < -0.3 is 4.57 Å². The van der Waals surface area contributed by atoms with E-state index >= 15 is 0 Å². The first kappa shape index (κ1) is 10.0. The zero-order chi connectivity index (χ0) is 11.2. The molecule has 5 heteroatoms. The Morgan fingerprint density at radius 2 is 1.93 bits per heavy atom. The normalized spacial score (nSPS) is 12.3. The number of aryl methyl sites for hydroxylation is 2. The first-order valence-electron chi connectivity index (χ1n) is 4.40. The highest BCUT2D eigenvalue weighted by atomic mass is 19.4. The van der Waals surface area contributed by atoms with Crippen LogP contribution in [0, 0.1) is 6.92 Å². The van der Waals surface area contributed by atoms with Crippen molar-refractivity contribution in [2.24, 2.45) is 7.05 Å². The Morgan fingerprint density at radius 3 is 2.47 bits per heavy atom. The summed E-state index contributed by atoms with van der Waals surface area (Å²) in [6.45, 7) is 1.75. The topological polar surface area (TPSA) is 17.8 Å². The van der Waals surface area contributed by atoms with Crippen LogP contribution in [-0.2, 0) is 13.2 Å². The monoisotopic (exact) mass is 214 g/mol. The van der Waals surface area contributed by atoms with Crippen LogP contribution >= 0.6 is 0 Å². The van der Waals surface area contributed by atoms with Crippen molar-refractivity contribution in [3.05, 3.63) is 29.6 Å². The molecule has 2 aromatic rings. The van der Waals surface area contributed by atoms with Gasteiger partial charge in [-0.25, -0.2) is 4.98 Å². The SMILES string of the molecule is Cc1cccc2c1nc(C(F)(F)F)n2C. The summed E-state index contributed by atoms with van der Waals surface area (Å²) < 4.78 is 38.7. The summed E-state index contributed by atoms with van der Waals surface area (Å²) in [6, 6.07) is 5.10. The molecule has 1 aromatic carbocycles. The molecule has 0 saturated carbocycles. The maximum Gasteiger partial charge on any atom is 0.449 e. The first-order chi connectivity index (χ1) is 6.91. The molecular weight excluding hydrogens is 205 g/mol. The molecule has 0 aliphatic rings. The summed E-state index contributed by atoms with van der Waals surface area (Å²) in [7, 11) is 1.37. The predicted octanol–water partition coefficient (Wildman–Crippen LogP) is 2.90. The Hall–Kier alpha value is -1.52. The molecule has 2 nitrogen and oxygen atoms in total. The van der Waals surface area contributed by atoms with Crippen LogP contribution in [0.2, 0.25) is 0 Å². The zero-order valence-electron chi connectivity index (χ0n) is 8.26. The van der Waals surface area contributed by atoms with Gasteiger partial charge in [-0.15, -0.1) is 0 Å². The number of halogens is 3. The molecule has 0 saturated heterocycles. The van der Waals surface area contributed by atoms with E-state index in [1.54, 1.807) is 25.1 Å². The maximum absolute atomic E-state index is 12.5. The largest absolute Gasteiger partial charge is 0.449 e. The Labute approximate surface area is 84.3 Å².